The van der Waals surface area contributed by atoms with Gasteiger partial charge in [-0.1, -0.05) is 29.8 Å². The zero-order valence-corrected chi connectivity index (χ0v) is 18.8. The molecule has 2 aromatic carbocycles. The molecule has 0 unspecified atom stereocenters. The summed E-state index contributed by atoms with van der Waals surface area (Å²) in [6, 6.07) is 12.2. The number of aryl methyl sites for hydroxylation is 1. The molecule has 2 aromatic rings. The summed E-state index contributed by atoms with van der Waals surface area (Å²) in [4.78, 5) is 4.26. The second-order valence-electron chi connectivity index (χ2n) is 5.80. The Morgan fingerprint density at radius 2 is 1.37 bits per heavy atom. The van der Waals surface area contributed by atoms with Gasteiger partial charge < -0.3 is 24.8 Å². The van der Waals surface area contributed by atoms with Crippen LogP contribution >= 0.6 is 24.0 Å². The molecule has 0 fully saturated rings. The number of nitrogens with zero attached hydrogens (tertiary/aromatic N) is 1. The van der Waals surface area contributed by atoms with Gasteiger partial charge in [0.15, 0.2) is 17.5 Å². The summed E-state index contributed by atoms with van der Waals surface area (Å²) in [5, 5.41) is 6.60. The average Bonchev–Trinajstić information content (AvgIpc) is 2.68. The third-order valence-corrected chi connectivity index (χ3v) is 3.99. The summed E-state index contributed by atoms with van der Waals surface area (Å²) in [5.74, 6) is 2.57. The molecule has 2 N–H and O–H groups in total. The van der Waals surface area contributed by atoms with Gasteiger partial charge in [-0.2, -0.15) is 0 Å². The molecule has 0 aromatic heterocycles. The lowest BCUT2D eigenvalue weighted by molar-refractivity contribution is 0.323. The van der Waals surface area contributed by atoms with Gasteiger partial charge in [-0.3, -0.25) is 4.99 Å². The van der Waals surface area contributed by atoms with Crippen LogP contribution in [0.15, 0.2) is 41.4 Å². The third kappa shape index (κ3) is 6.50. The van der Waals surface area contributed by atoms with Crippen molar-refractivity contribution in [3.63, 3.8) is 0 Å². The van der Waals surface area contributed by atoms with Gasteiger partial charge in [0, 0.05) is 20.1 Å². The predicted molar refractivity (Wildman–Crippen MR) is 120 cm³/mol. The molecule has 0 heterocycles. The topological polar surface area (TPSA) is 64.1 Å². The fraction of sp³-hybridized carbons (Fsp3) is 0.350. The van der Waals surface area contributed by atoms with E-state index in [9.17, 15) is 0 Å². The number of halogens is 1. The van der Waals surface area contributed by atoms with E-state index in [0.29, 0.717) is 30.3 Å². The minimum Gasteiger partial charge on any atom is -0.493 e. The molecular weight excluding hydrogens is 457 g/mol. The van der Waals surface area contributed by atoms with E-state index in [0.717, 1.165) is 11.5 Å². The molecule has 0 saturated carbocycles. The Balaban J connectivity index is 0.00000364. The van der Waals surface area contributed by atoms with Crippen molar-refractivity contribution in [1.82, 2.24) is 10.6 Å². The molecule has 7 heteroatoms. The van der Waals surface area contributed by atoms with Crippen LogP contribution in [0.2, 0.25) is 0 Å². The minimum absolute atomic E-state index is 0. The van der Waals surface area contributed by atoms with Crippen LogP contribution < -0.4 is 24.8 Å². The second-order valence-corrected chi connectivity index (χ2v) is 5.80. The summed E-state index contributed by atoms with van der Waals surface area (Å²) < 4.78 is 16.1. The fourth-order valence-electron chi connectivity index (χ4n) is 2.54. The lowest BCUT2D eigenvalue weighted by Gasteiger charge is -2.16. The highest BCUT2D eigenvalue weighted by atomic mass is 127. The van der Waals surface area contributed by atoms with E-state index in [2.05, 4.69) is 46.8 Å². The molecule has 2 rings (SSSR count). The van der Waals surface area contributed by atoms with E-state index < -0.39 is 0 Å². The van der Waals surface area contributed by atoms with Crippen molar-refractivity contribution >= 4 is 29.9 Å². The molecule has 0 bridgehead atoms. The largest absolute Gasteiger partial charge is 0.493 e. The lowest BCUT2D eigenvalue weighted by atomic mass is 10.1. The molecule has 27 heavy (non-hydrogen) atoms. The van der Waals surface area contributed by atoms with Crippen molar-refractivity contribution in [3.05, 3.63) is 53.1 Å². The summed E-state index contributed by atoms with van der Waals surface area (Å²) in [6.45, 7) is 3.36. The average molecular weight is 485 g/mol. The van der Waals surface area contributed by atoms with Crippen LogP contribution in [0.4, 0.5) is 0 Å². The standard InChI is InChI=1S/C20H27N3O3.HI/c1-14-6-8-15(9-7-14)12-22-20(21-2)23-13-16-10-17(24-3)19(26-5)18(11-16)25-4;/h6-11H,12-13H2,1-5H3,(H2,21,22,23);1H. The van der Waals surface area contributed by atoms with Crippen LogP contribution in [-0.2, 0) is 13.1 Å². The summed E-state index contributed by atoms with van der Waals surface area (Å²) >= 11 is 0. The highest BCUT2D eigenvalue weighted by Gasteiger charge is 2.13. The van der Waals surface area contributed by atoms with Gasteiger partial charge in [-0.05, 0) is 30.2 Å². The third-order valence-electron chi connectivity index (χ3n) is 3.99. The van der Waals surface area contributed by atoms with E-state index in [1.54, 1.807) is 28.4 Å². The molecule has 0 aliphatic rings. The Labute approximate surface area is 178 Å². The minimum atomic E-state index is 0. The highest BCUT2D eigenvalue weighted by molar-refractivity contribution is 14.0. The van der Waals surface area contributed by atoms with Gasteiger partial charge >= 0.3 is 0 Å². The normalized spacial score (nSPS) is 10.6. The first kappa shape index (κ1) is 22.9. The number of nitrogens with one attached hydrogen (secondary N) is 2. The maximum absolute atomic E-state index is 5.39. The molecule has 0 radical (unpaired) electrons. The molecule has 6 nitrogen and oxygen atoms in total. The number of hydrogen-bond acceptors (Lipinski definition) is 4. The molecule has 148 valence electrons. The van der Waals surface area contributed by atoms with Crippen molar-refractivity contribution in [3.8, 4) is 17.2 Å². The lowest BCUT2D eigenvalue weighted by Crippen LogP contribution is -2.36. The predicted octanol–water partition coefficient (Wildman–Crippen LogP) is 3.50. The maximum atomic E-state index is 5.39. The Kier molecular flexibility index (Phi) is 9.77. The number of hydrogen-bond donors (Lipinski definition) is 2. The number of ether oxygens (including phenoxy) is 3. The van der Waals surface area contributed by atoms with Crippen LogP contribution in [0.3, 0.4) is 0 Å². The van der Waals surface area contributed by atoms with E-state index in [1.165, 1.54) is 11.1 Å². The number of rotatable bonds is 7. The second kappa shape index (κ2) is 11.5. The summed E-state index contributed by atoms with van der Waals surface area (Å²) in [7, 11) is 6.56. The molecule has 0 saturated heterocycles. The number of aliphatic imine (C=N–C) groups is 1. The molecule has 0 atom stereocenters. The zero-order valence-electron chi connectivity index (χ0n) is 16.5. The van der Waals surface area contributed by atoms with Crippen molar-refractivity contribution in [1.29, 1.82) is 0 Å². The molecule has 0 aliphatic heterocycles. The first-order chi connectivity index (χ1) is 12.6. The van der Waals surface area contributed by atoms with E-state index in [4.69, 9.17) is 14.2 Å². The van der Waals surface area contributed by atoms with Gasteiger partial charge in [0.05, 0.1) is 21.3 Å². The van der Waals surface area contributed by atoms with Crippen molar-refractivity contribution in [2.45, 2.75) is 20.0 Å². The first-order valence-electron chi connectivity index (χ1n) is 8.40. The smallest absolute Gasteiger partial charge is 0.203 e. The molecule has 0 amide bonds. The summed E-state index contributed by atoms with van der Waals surface area (Å²) in [6.07, 6.45) is 0. The maximum Gasteiger partial charge on any atom is 0.203 e. The Bertz CT molecular complexity index is 724. The van der Waals surface area contributed by atoms with E-state index in [-0.39, 0.29) is 24.0 Å². The van der Waals surface area contributed by atoms with E-state index in [1.807, 2.05) is 12.1 Å². The van der Waals surface area contributed by atoms with Crippen LogP contribution in [0, 0.1) is 6.92 Å². The molecule has 0 spiro atoms. The Morgan fingerprint density at radius 3 is 1.81 bits per heavy atom. The van der Waals surface area contributed by atoms with Crippen LogP contribution in [0.25, 0.3) is 0 Å². The monoisotopic (exact) mass is 485 g/mol. The van der Waals surface area contributed by atoms with Crippen LogP contribution in [0.1, 0.15) is 16.7 Å². The SMILES string of the molecule is CN=C(NCc1ccc(C)cc1)NCc1cc(OC)c(OC)c(OC)c1.I. The van der Waals surface area contributed by atoms with Crippen LogP contribution in [-0.4, -0.2) is 34.3 Å². The number of guanidine groups is 1. The first-order valence-corrected chi connectivity index (χ1v) is 8.40. The zero-order chi connectivity index (χ0) is 18.9. The Morgan fingerprint density at radius 1 is 0.852 bits per heavy atom. The molecule has 0 aliphatic carbocycles. The summed E-state index contributed by atoms with van der Waals surface area (Å²) in [5.41, 5.74) is 3.45. The van der Waals surface area contributed by atoms with Gasteiger partial charge in [0.2, 0.25) is 5.75 Å². The number of benzene rings is 2. The molecular formula is C20H28IN3O3. The van der Waals surface area contributed by atoms with Gasteiger partial charge in [-0.15, -0.1) is 24.0 Å². The van der Waals surface area contributed by atoms with Gasteiger partial charge in [0.1, 0.15) is 0 Å². The van der Waals surface area contributed by atoms with Gasteiger partial charge in [-0.25, -0.2) is 0 Å². The van der Waals surface area contributed by atoms with Crippen LogP contribution in [0.5, 0.6) is 17.2 Å². The number of methoxy groups -OCH3 is 3. The van der Waals surface area contributed by atoms with E-state index >= 15 is 0 Å². The van der Waals surface area contributed by atoms with Crippen molar-refractivity contribution in [2.75, 3.05) is 28.4 Å². The van der Waals surface area contributed by atoms with Crippen molar-refractivity contribution in [2.24, 2.45) is 4.99 Å². The highest BCUT2D eigenvalue weighted by Crippen LogP contribution is 2.38. The fourth-order valence-corrected chi connectivity index (χ4v) is 2.54. The van der Waals surface area contributed by atoms with Crippen molar-refractivity contribution < 1.29 is 14.2 Å². The Hall–Kier alpha value is -2.16. The quantitative estimate of drug-likeness (QED) is 0.357. The van der Waals surface area contributed by atoms with Gasteiger partial charge in [0.25, 0.3) is 0 Å².